The molecule has 3 heteroatoms. The standard InChI is InChI=1S/C28H36O2S/c1-17-12-23-21(8-9-25(30)24(23)16-31-20-6-4-3-5-7-20)22-10-11-27(2)19(15-29)13-18-14-28(18,27)26(17)22/h3-7,17-19,21-22,26,29H,8-16H2,1-2H3/t17?,18?,19?,21-,22-,26-,27-,28?/m1/s1. The Morgan fingerprint density at radius 2 is 2.00 bits per heavy atom. The first-order chi connectivity index (χ1) is 15.0. The highest BCUT2D eigenvalue weighted by Crippen LogP contribution is 2.83. The summed E-state index contributed by atoms with van der Waals surface area (Å²) >= 11 is 1.84. The van der Waals surface area contributed by atoms with E-state index in [9.17, 15) is 9.90 Å². The number of Topliss-reactive ketones (excluding diaryl/α,β-unsaturated/α-hetero) is 1. The van der Waals surface area contributed by atoms with Crippen molar-refractivity contribution < 1.29 is 9.90 Å². The lowest BCUT2D eigenvalue weighted by Gasteiger charge is -2.58. The molecule has 1 spiro atoms. The van der Waals surface area contributed by atoms with Crippen LogP contribution >= 0.6 is 11.8 Å². The minimum Gasteiger partial charge on any atom is -0.396 e. The van der Waals surface area contributed by atoms with Gasteiger partial charge in [-0.15, -0.1) is 11.8 Å². The van der Waals surface area contributed by atoms with E-state index in [4.69, 9.17) is 0 Å². The monoisotopic (exact) mass is 436 g/mol. The number of allylic oxidation sites excluding steroid dienone is 1. The first-order valence-electron chi connectivity index (χ1n) is 12.5. The molecular weight excluding hydrogens is 400 g/mol. The molecule has 1 aromatic rings. The molecule has 31 heavy (non-hydrogen) atoms. The summed E-state index contributed by atoms with van der Waals surface area (Å²) in [5.74, 6) is 5.51. The highest BCUT2D eigenvalue weighted by Gasteiger charge is 2.77. The zero-order chi connectivity index (χ0) is 21.4. The number of thioether (sulfide) groups is 1. The van der Waals surface area contributed by atoms with E-state index in [1.807, 2.05) is 11.8 Å². The summed E-state index contributed by atoms with van der Waals surface area (Å²) in [7, 11) is 0. The first-order valence-corrected chi connectivity index (χ1v) is 13.5. The fraction of sp³-hybridized carbons (Fsp3) is 0.679. The quantitative estimate of drug-likeness (QED) is 0.576. The molecule has 5 aliphatic rings. The molecule has 5 aliphatic carbocycles. The maximum atomic E-state index is 13.0. The fourth-order valence-corrected chi connectivity index (χ4v) is 10.3. The number of hydrogen-bond acceptors (Lipinski definition) is 3. The molecule has 4 saturated carbocycles. The number of aliphatic hydroxyl groups excluding tert-OH is 1. The summed E-state index contributed by atoms with van der Waals surface area (Å²) in [5.41, 5.74) is 3.56. The lowest BCUT2D eigenvalue weighted by molar-refractivity contribution is -0.118. The summed E-state index contributed by atoms with van der Waals surface area (Å²) in [5, 5.41) is 10.1. The molecular formula is C28H36O2S. The largest absolute Gasteiger partial charge is 0.396 e. The fourth-order valence-electron chi connectivity index (χ4n) is 9.32. The average Bonchev–Trinajstić information content (AvgIpc) is 3.43. The number of aliphatic hydroxyl groups is 1. The molecule has 0 amide bonds. The van der Waals surface area contributed by atoms with Crippen LogP contribution in [0.1, 0.15) is 58.8 Å². The summed E-state index contributed by atoms with van der Waals surface area (Å²) in [6, 6.07) is 10.6. The minimum atomic E-state index is 0.347. The number of benzene rings is 1. The second-order valence-electron chi connectivity index (χ2n) is 11.6. The van der Waals surface area contributed by atoms with Crippen molar-refractivity contribution in [3.63, 3.8) is 0 Å². The maximum Gasteiger partial charge on any atom is 0.159 e. The number of ketones is 1. The van der Waals surface area contributed by atoms with Crippen LogP contribution in [-0.4, -0.2) is 23.2 Å². The van der Waals surface area contributed by atoms with Crippen molar-refractivity contribution in [3.05, 3.63) is 41.5 Å². The molecule has 4 fully saturated rings. The van der Waals surface area contributed by atoms with Gasteiger partial charge < -0.3 is 5.11 Å². The van der Waals surface area contributed by atoms with Crippen molar-refractivity contribution in [1.82, 2.24) is 0 Å². The molecule has 0 heterocycles. The highest BCUT2D eigenvalue weighted by atomic mass is 32.2. The Kier molecular flexibility index (Phi) is 4.78. The van der Waals surface area contributed by atoms with Gasteiger partial charge in [-0.05, 0) is 97.0 Å². The van der Waals surface area contributed by atoms with Crippen LogP contribution in [0.2, 0.25) is 0 Å². The number of hydrogen-bond donors (Lipinski definition) is 1. The van der Waals surface area contributed by atoms with Crippen molar-refractivity contribution >= 4 is 17.5 Å². The zero-order valence-electron chi connectivity index (χ0n) is 19.0. The van der Waals surface area contributed by atoms with Crippen LogP contribution in [0.25, 0.3) is 0 Å². The highest BCUT2D eigenvalue weighted by molar-refractivity contribution is 7.99. The van der Waals surface area contributed by atoms with Gasteiger partial charge in [0.2, 0.25) is 0 Å². The summed E-state index contributed by atoms with van der Waals surface area (Å²) in [6.07, 6.45) is 8.23. The van der Waals surface area contributed by atoms with Gasteiger partial charge >= 0.3 is 0 Å². The third kappa shape index (κ3) is 2.78. The van der Waals surface area contributed by atoms with E-state index in [1.165, 1.54) is 36.2 Å². The Hall–Kier alpha value is -1.06. The van der Waals surface area contributed by atoms with E-state index in [0.717, 1.165) is 42.8 Å². The van der Waals surface area contributed by atoms with Gasteiger partial charge in [0.15, 0.2) is 5.78 Å². The number of fused-ring (bicyclic) bond motifs is 3. The van der Waals surface area contributed by atoms with Gasteiger partial charge in [-0.1, -0.05) is 37.6 Å². The molecule has 4 unspecified atom stereocenters. The summed E-state index contributed by atoms with van der Waals surface area (Å²) in [6.45, 7) is 5.40. The van der Waals surface area contributed by atoms with Crippen molar-refractivity contribution in [2.45, 2.75) is 63.7 Å². The lowest BCUT2D eigenvalue weighted by Crippen LogP contribution is -2.52. The van der Waals surface area contributed by atoms with E-state index < -0.39 is 0 Å². The number of carbonyl (C=O) groups is 1. The van der Waals surface area contributed by atoms with E-state index in [2.05, 4.69) is 44.2 Å². The zero-order valence-corrected chi connectivity index (χ0v) is 19.8. The Morgan fingerprint density at radius 3 is 2.77 bits per heavy atom. The van der Waals surface area contributed by atoms with Gasteiger partial charge in [0, 0.05) is 29.2 Å². The summed E-state index contributed by atoms with van der Waals surface area (Å²) < 4.78 is 0. The van der Waals surface area contributed by atoms with Crippen LogP contribution in [0.15, 0.2) is 46.4 Å². The average molecular weight is 437 g/mol. The van der Waals surface area contributed by atoms with Crippen LogP contribution in [0.4, 0.5) is 0 Å². The molecule has 0 aliphatic heterocycles. The normalized spacial score (nSPS) is 45.6. The molecule has 0 aromatic heterocycles. The third-order valence-corrected chi connectivity index (χ3v) is 11.7. The Bertz CT molecular complexity index is 922. The van der Waals surface area contributed by atoms with Crippen molar-refractivity contribution in [1.29, 1.82) is 0 Å². The van der Waals surface area contributed by atoms with Gasteiger partial charge in [-0.3, -0.25) is 4.79 Å². The van der Waals surface area contributed by atoms with Crippen LogP contribution < -0.4 is 0 Å². The Morgan fingerprint density at radius 1 is 1.19 bits per heavy atom. The second-order valence-corrected chi connectivity index (χ2v) is 12.6. The number of carbonyl (C=O) groups excluding carboxylic acids is 1. The molecule has 1 aromatic carbocycles. The Labute approximate surface area is 191 Å². The third-order valence-electron chi connectivity index (χ3n) is 10.6. The topological polar surface area (TPSA) is 37.3 Å². The van der Waals surface area contributed by atoms with Crippen LogP contribution in [0.5, 0.6) is 0 Å². The van der Waals surface area contributed by atoms with Crippen LogP contribution in [0, 0.1) is 46.3 Å². The molecule has 0 radical (unpaired) electrons. The molecule has 1 N–H and O–H groups in total. The van der Waals surface area contributed by atoms with Gasteiger partial charge in [0.25, 0.3) is 0 Å². The van der Waals surface area contributed by atoms with Crippen molar-refractivity contribution in [3.8, 4) is 0 Å². The van der Waals surface area contributed by atoms with Gasteiger partial charge in [-0.2, -0.15) is 0 Å². The van der Waals surface area contributed by atoms with Crippen molar-refractivity contribution in [2.75, 3.05) is 12.4 Å². The molecule has 166 valence electrons. The SMILES string of the molecule is CC1CC2=C(CSc3ccccc3)C(=O)CC[C@@H]2[C@H]2CC[C@]3(C)C(CO)CC4CC43[C@H]12. The van der Waals surface area contributed by atoms with Crippen LogP contribution in [-0.2, 0) is 4.79 Å². The smallest absolute Gasteiger partial charge is 0.159 e. The van der Waals surface area contributed by atoms with E-state index in [-0.39, 0.29) is 0 Å². The second kappa shape index (κ2) is 7.22. The number of rotatable bonds is 4. The molecule has 2 nitrogen and oxygen atoms in total. The lowest BCUT2D eigenvalue weighted by atomic mass is 9.46. The van der Waals surface area contributed by atoms with Crippen LogP contribution in [0.3, 0.4) is 0 Å². The van der Waals surface area contributed by atoms with E-state index in [0.29, 0.717) is 41.0 Å². The molecule has 0 saturated heterocycles. The van der Waals surface area contributed by atoms with E-state index in [1.54, 1.807) is 5.57 Å². The predicted molar refractivity (Wildman–Crippen MR) is 126 cm³/mol. The molecule has 0 bridgehead atoms. The molecule has 8 atom stereocenters. The van der Waals surface area contributed by atoms with Gasteiger partial charge in [0.1, 0.15) is 0 Å². The minimum absolute atomic E-state index is 0.347. The Balaban J connectivity index is 1.32. The first kappa shape index (κ1) is 20.5. The van der Waals surface area contributed by atoms with E-state index >= 15 is 0 Å². The van der Waals surface area contributed by atoms with Gasteiger partial charge in [-0.25, -0.2) is 0 Å². The predicted octanol–water partition coefficient (Wildman–Crippen LogP) is 6.15. The summed E-state index contributed by atoms with van der Waals surface area (Å²) in [4.78, 5) is 14.3. The maximum absolute atomic E-state index is 13.0. The molecule has 6 rings (SSSR count). The van der Waals surface area contributed by atoms with Gasteiger partial charge in [0.05, 0.1) is 0 Å². The van der Waals surface area contributed by atoms with Crippen molar-refractivity contribution in [2.24, 2.45) is 46.3 Å².